The lowest BCUT2D eigenvalue weighted by atomic mass is 9.94. The summed E-state index contributed by atoms with van der Waals surface area (Å²) in [6.07, 6.45) is 1.55. The molecule has 146 valence electrons. The maximum atomic E-state index is 15.0. The van der Waals surface area contributed by atoms with Gasteiger partial charge in [0.25, 0.3) is 0 Å². The SMILES string of the molecule is Nc1c(F)c(-c2ccc3cc[nH]c3c2F)nc(C(C(=O)O)c2ccccc2)c1Cl. The van der Waals surface area contributed by atoms with E-state index in [0.717, 1.165) is 0 Å². The van der Waals surface area contributed by atoms with E-state index in [2.05, 4.69) is 9.97 Å². The maximum absolute atomic E-state index is 15.0. The molecule has 29 heavy (non-hydrogen) atoms. The van der Waals surface area contributed by atoms with E-state index in [0.29, 0.717) is 10.9 Å². The van der Waals surface area contributed by atoms with Crippen molar-refractivity contribution in [3.63, 3.8) is 0 Å². The summed E-state index contributed by atoms with van der Waals surface area (Å²) in [4.78, 5) is 18.9. The molecule has 0 spiro atoms. The molecule has 2 aromatic carbocycles. The number of benzene rings is 2. The first kappa shape index (κ1) is 18.9. The predicted octanol–water partition coefficient (Wildman–Crippen LogP) is 4.96. The number of aliphatic carboxylic acids is 1. The van der Waals surface area contributed by atoms with Crippen LogP contribution in [-0.2, 0) is 4.79 Å². The van der Waals surface area contributed by atoms with Crippen LogP contribution < -0.4 is 5.73 Å². The normalized spacial score (nSPS) is 12.2. The van der Waals surface area contributed by atoms with Crippen LogP contribution in [0.4, 0.5) is 14.5 Å². The zero-order valence-electron chi connectivity index (χ0n) is 14.8. The molecule has 0 aliphatic carbocycles. The third-order valence-electron chi connectivity index (χ3n) is 4.71. The Kier molecular flexibility index (Phi) is 4.68. The summed E-state index contributed by atoms with van der Waals surface area (Å²) in [5, 5.41) is 10.1. The molecule has 0 radical (unpaired) electrons. The van der Waals surface area contributed by atoms with Gasteiger partial charge in [-0.1, -0.05) is 48.0 Å². The van der Waals surface area contributed by atoms with E-state index >= 15 is 0 Å². The smallest absolute Gasteiger partial charge is 0.317 e. The summed E-state index contributed by atoms with van der Waals surface area (Å²) in [6.45, 7) is 0. The number of nitrogens with zero attached hydrogens (tertiary/aromatic N) is 1. The molecule has 4 N–H and O–H groups in total. The molecular weight excluding hydrogens is 400 g/mol. The maximum Gasteiger partial charge on any atom is 0.317 e. The minimum Gasteiger partial charge on any atom is -0.480 e. The highest BCUT2D eigenvalue weighted by atomic mass is 35.5. The second-order valence-corrected chi connectivity index (χ2v) is 6.82. The summed E-state index contributed by atoms with van der Waals surface area (Å²) in [5.74, 6) is -4.29. The minimum absolute atomic E-state index is 0.153. The van der Waals surface area contributed by atoms with Crippen molar-refractivity contribution in [2.45, 2.75) is 5.92 Å². The number of aromatic amines is 1. The predicted molar refractivity (Wildman–Crippen MR) is 107 cm³/mol. The summed E-state index contributed by atoms with van der Waals surface area (Å²) in [5.41, 5.74) is 5.16. The van der Waals surface area contributed by atoms with Crippen molar-refractivity contribution >= 4 is 34.2 Å². The molecule has 0 saturated heterocycles. The molecule has 1 unspecified atom stereocenters. The summed E-state index contributed by atoms with van der Waals surface area (Å²) in [6, 6.07) is 12.8. The number of nitrogens with one attached hydrogen (secondary N) is 1. The number of carboxylic acids is 1. The molecule has 8 heteroatoms. The number of anilines is 1. The highest BCUT2D eigenvalue weighted by molar-refractivity contribution is 6.34. The van der Waals surface area contributed by atoms with E-state index in [1.165, 1.54) is 6.07 Å². The first-order valence-electron chi connectivity index (χ1n) is 8.58. The van der Waals surface area contributed by atoms with E-state index in [1.807, 2.05) is 0 Å². The van der Waals surface area contributed by atoms with E-state index in [1.54, 1.807) is 48.7 Å². The molecule has 2 aromatic heterocycles. The van der Waals surface area contributed by atoms with Crippen LogP contribution in [0.25, 0.3) is 22.2 Å². The van der Waals surface area contributed by atoms with Crippen molar-refractivity contribution in [3.05, 3.63) is 82.6 Å². The van der Waals surface area contributed by atoms with Crippen LogP contribution in [0.1, 0.15) is 17.2 Å². The average molecular weight is 414 g/mol. The molecule has 5 nitrogen and oxygen atoms in total. The fourth-order valence-electron chi connectivity index (χ4n) is 3.29. The van der Waals surface area contributed by atoms with Gasteiger partial charge in [-0.15, -0.1) is 0 Å². The van der Waals surface area contributed by atoms with Gasteiger partial charge in [-0.05, 0) is 17.7 Å². The number of nitrogens with two attached hydrogens (primary N) is 1. The van der Waals surface area contributed by atoms with Crippen molar-refractivity contribution in [3.8, 4) is 11.3 Å². The van der Waals surface area contributed by atoms with E-state index in [9.17, 15) is 18.7 Å². The molecule has 1 atom stereocenters. The highest BCUT2D eigenvalue weighted by Crippen LogP contribution is 2.39. The molecular formula is C21H14ClF2N3O2. The van der Waals surface area contributed by atoms with Crippen LogP contribution in [0.15, 0.2) is 54.7 Å². The molecule has 4 rings (SSSR count). The third kappa shape index (κ3) is 3.09. The average Bonchev–Trinajstić information content (AvgIpc) is 3.19. The molecule has 2 heterocycles. The summed E-state index contributed by atoms with van der Waals surface area (Å²) < 4.78 is 29.9. The first-order valence-corrected chi connectivity index (χ1v) is 8.96. The monoisotopic (exact) mass is 413 g/mol. The van der Waals surface area contributed by atoms with Gasteiger partial charge in [0.15, 0.2) is 11.6 Å². The quantitative estimate of drug-likeness (QED) is 0.441. The van der Waals surface area contributed by atoms with Gasteiger partial charge >= 0.3 is 5.97 Å². The van der Waals surface area contributed by atoms with Gasteiger partial charge < -0.3 is 15.8 Å². The zero-order chi connectivity index (χ0) is 20.7. The van der Waals surface area contributed by atoms with Gasteiger partial charge in [0.05, 0.1) is 21.9 Å². The number of H-pyrrole nitrogens is 1. The fourth-order valence-corrected chi connectivity index (χ4v) is 3.52. The Bertz CT molecular complexity index is 1240. The highest BCUT2D eigenvalue weighted by Gasteiger charge is 2.30. The topological polar surface area (TPSA) is 92.0 Å². The molecule has 0 fully saturated rings. The summed E-state index contributed by atoms with van der Waals surface area (Å²) >= 11 is 6.17. The second-order valence-electron chi connectivity index (χ2n) is 6.44. The number of pyridine rings is 1. The van der Waals surface area contributed by atoms with Gasteiger partial charge in [-0.2, -0.15) is 0 Å². The van der Waals surface area contributed by atoms with Gasteiger partial charge in [-0.3, -0.25) is 4.79 Å². The number of carboxylic acid groups (broad SMARTS) is 1. The minimum atomic E-state index is -1.30. The largest absolute Gasteiger partial charge is 0.480 e. The number of nitrogen functional groups attached to an aromatic ring is 1. The standard InChI is InChI=1S/C21H14ClF2N3O2/c22-14-17(25)16(24)19(12-7-6-11-8-9-26-18(11)15(12)23)27-20(14)13(21(28)29)10-4-2-1-3-5-10/h1-9,13,26H,(H2,25,27)(H,28,29). The van der Waals surface area contributed by atoms with Crippen molar-refractivity contribution in [1.29, 1.82) is 0 Å². The molecule has 0 saturated carbocycles. The van der Waals surface area contributed by atoms with E-state index in [-0.39, 0.29) is 21.8 Å². The van der Waals surface area contributed by atoms with Gasteiger partial charge in [0.1, 0.15) is 11.6 Å². The number of carbonyl (C=O) groups is 1. The zero-order valence-corrected chi connectivity index (χ0v) is 15.5. The number of halogens is 3. The van der Waals surface area contributed by atoms with Gasteiger partial charge in [0.2, 0.25) is 0 Å². The number of hydrogen-bond donors (Lipinski definition) is 3. The Labute approximate surface area is 168 Å². The Morgan fingerprint density at radius 2 is 1.83 bits per heavy atom. The van der Waals surface area contributed by atoms with Crippen LogP contribution in [0, 0.1) is 11.6 Å². The molecule has 0 bridgehead atoms. The van der Waals surface area contributed by atoms with Crippen molar-refractivity contribution in [2.75, 3.05) is 5.73 Å². The lowest BCUT2D eigenvalue weighted by molar-refractivity contribution is -0.137. The molecule has 4 aromatic rings. The number of rotatable bonds is 4. The Morgan fingerprint density at radius 3 is 2.52 bits per heavy atom. The number of aromatic nitrogens is 2. The van der Waals surface area contributed by atoms with Crippen molar-refractivity contribution in [1.82, 2.24) is 9.97 Å². The van der Waals surface area contributed by atoms with Crippen LogP contribution in [0.5, 0.6) is 0 Å². The van der Waals surface area contributed by atoms with Gasteiger partial charge in [0, 0.05) is 17.1 Å². The third-order valence-corrected chi connectivity index (χ3v) is 5.11. The number of fused-ring (bicyclic) bond motifs is 1. The first-order chi connectivity index (χ1) is 13.9. The lowest BCUT2D eigenvalue weighted by Gasteiger charge is -2.18. The number of hydrogen-bond acceptors (Lipinski definition) is 3. The molecule has 0 amide bonds. The Balaban J connectivity index is 1.98. The molecule has 0 aliphatic heterocycles. The van der Waals surface area contributed by atoms with Crippen LogP contribution >= 0.6 is 11.6 Å². The Hall–Kier alpha value is -3.45. The van der Waals surface area contributed by atoms with E-state index < -0.39 is 34.9 Å². The molecule has 0 aliphatic rings. The second kappa shape index (κ2) is 7.18. The van der Waals surface area contributed by atoms with Crippen LogP contribution in [-0.4, -0.2) is 21.0 Å². The lowest BCUT2D eigenvalue weighted by Crippen LogP contribution is -2.17. The fraction of sp³-hybridized carbons (Fsp3) is 0.0476. The van der Waals surface area contributed by atoms with E-state index in [4.69, 9.17) is 17.3 Å². The van der Waals surface area contributed by atoms with Crippen molar-refractivity contribution in [2.24, 2.45) is 0 Å². The van der Waals surface area contributed by atoms with Crippen LogP contribution in [0.2, 0.25) is 5.02 Å². The van der Waals surface area contributed by atoms with Gasteiger partial charge in [-0.25, -0.2) is 13.8 Å². The Morgan fingerprint density at radius 1 is 1.10 bits per heavy atom. The van der Waals surface area contributed by atoms with Crippen molar-refractivity contribution < 1.29 is 18.7 Å². The van der Waals surface area contributed by atoms with Crippen LogP contribution in [0.3, 0.4) is 0 Å². The summed E-state index contributed by atoms with van der Waals surface area (Å²) in [7, 11) is 0.